The Morgan fingerprint density at radius 2 is 1.84 bits per heavy atom. The maximum Gasteiger partial charge on any atom is 0.527 e. The number of esters is 1. The molecule has 6 rings (SSSR count). The molecule has 3 aromatic rings. The van der Waals surface area contributed by atoms with Gasteiger partial charge in [0.1, 0.15) is 17.0 Å². The van der Waals surface area contributed by atoms with E-state index >= 15 is 0 Å². The number of phosphoric ester groups is 1. The largest absolute Gasteiger partial charge is 0.527 e. The van der Waals surface area contributed by atoms with Crippen LogP contribution in [0.3, 0.4) is 0 Å². The minimum absolute atomic E-state index is 0.0273. The van der Waals surface area contributed by atoms with Gasteiger partial charge in [0.05, 0.1) is 20.3 Å². The molecule has 0 aliphatic heterocycles. The summed E-state index contributed by atoms with van der Waals surface area (Å²) in [6, 6.07) is 12.5. The predicted octanol–water partition coefficient (Wildman–Crippen LogP) is 8.83. The van der Waals surface area contributed by atoms with Crippen LogP contribution in [0.2, 0.25) is 5.02 Å². The zero-order valence-electron chi connectivity index (χ0n) is 33.5. The SMILES string of the molecule is COC(=O)[C@]1(N(C(=O)C(F)(F)F)c2cccc(Cl)c2)CC[C@@]2(CC1)c1cc(OP(=O)(O)OCCN(C)C)ccc1C[C@@H]2C[C@@H](C)COc1ccnc2c1[C@H](C)CCC2. The number of aryl methyl sites for hydroxylation is 1. The number of halogens is 4. The summed E-state index contributed by atoms with van der Waals surface area (Å²) in [6.45, 7) is 5.03. The molecular weight excluding hydrogens is 798 g/mol. The Morgan fingerprint density at radius 3 is 2.52 bits per heavy atom. The Morgan fingerprint density at radius 1 is 1.10 bits per heavy atom. The lowest BCUT2D eigenvalue weighted by Crippen LogP contribution is -2.63. The van der Waals surface area contributed by atoms with Crippen LogP contribution in [0.4, 0.5) is 18.9 Å². The number of ether oxygens (including phenoxy) is 2. The fraction of sp³-hybridized carbons (Fsp3) is 0.548. The van der Waals surface area contributed by atoms with Crippen LogP contribution >= 0.6 is 19.4 Å². The highest BCUT2D eigenvalue weighted by Gasteiger charge is 2.60. The number of fused-ring (bicyclic) bond motifs is 3. The molecule has 1 spiro atoms. The maximum absolute atomic E-state index is 14.4. The normalized spacial score (nSPS) is 24.4. The van der Waals surface area contributed by atoms with E-state index in [2.05, 4.69) is 18.8 Å². The van der Waals surface area contributed by atoms with E-state index in [4.69, 9.17) is 30.1 Å². The van der Waals surface area contributed by atoms with Gasteiger partial charge >= 0.3 is 25.9 Å². The number of phosphoric acid groups is 1. The smallest absolute Gasteiger partial charge is 0.493 e. The number of methoxy groups -OCH3 is 1. The number of amides is 1. The topological polar surface area (TPSA) is 128 Å². The van der Waals surface area contributed by atoms with Crippen molar-refractivity contribution in [3.05, 3.63) is 82.1 Å². The third kappa shape index (κ3) is 9.21. The molecule has 11 nitrogen and oxygen atoms in total. The highest BCUT2D eigenvalue weighted by molar-refractivity contribution is 7.47. The van der Waals surface area contributed by atoms with Crippen LogP contribution in [0, 0.1) is 11.8 Å². The van der Waals surface area contributed by atoms with Crippen LogP contribution < -0.4 is 14.2 Å². The Balaban J connectivity index is 1.34. The van der Waals surface area contributed by atoms with Crippen molar-refractivity contribution in [1.29, 1.82) is 0 Å². The first-order valence-corrected chi connectivity index (χ1v) is 21.6. The Hall–Kier alpha value is -3.68. The Bertz CT molecular complexity index is 2030. The van der Waals surface area contributed by atoms with Gasteiger partial charge in [-0.25, -0.2) is 9.36 Å². The molecule has 3 aliphatic carbocycles. The van der Waals surface area contributed by atoms with Gasteiger partial charge in [-0.3, -0.25) is 24.1 Å². The average molecular weight is 850 g/mol. The van der Waals surface area contributed by atoms with Crippen molar-refractivity contribution in [3.63, 3.8) is 0 Å². The van der Waals surface area contributed by atoms with E-state index < -0.39 is 36.8 Å². The highest BCUT2D eigenvalue weighted by atomic mass is 35.5. The van der Waals surface area contributed by atoms with E-state index in [0.29, 0.717) is 36.8 Å². The second-order valence-corrected chi connectivity index (χ2v) is 18.1. The van der Waals surface area contributed by atoms with Crippen LogP contribution in [0.15, 0.2) is 54.7 Å². The van der Waals surface area contributed by atoms with Crippen molar-refractivity contribution >= 4 is 37.0 Å². The molecule has 16 heteroatoms. The van der Waals surface area contributed by atoms with Crippen LogP contribution in [0.5, 0.6) is 11.5 Å². The van der Waals surface area contributed by atoms with Gasteiger partial charge in [0.25, 0.3) is 0 Å². The molecule has 1 heterocycles. The van der Waals surface area contributed by atoms with Gasteiger partial charge in [-0.15, -0.1) is 0 Å². The quantitative estimate of drug-likeness (QED) is 0.124. The van der Waals surface area contributed by atoms with E-state index in [1.54, 1.807) is 37.3 Å². The number of hydrogen-bond donors (Lipinski definition) is 1. The highest BCUT2D eigenvalue weighted by Crippen LogP contribution is 2.58. The van der Waals surface area contributed by atoms with Crippen molar-refractivity contribution in [3.8, 4) is 11.5 Å². The number of nitrogens with zero attached hydrogens (tertiary/aromatic N) is 3. The lowest BCUT2D eigenvalue weighted by Gasteiger charge is -2.51. The summed E-state index contributed by atoms with van der Waals surface area (Å²) in [7, 11) is 0.171. The summed E-state index contributed by atoms with van der Waals surface area (Å²) in [5.41, 5.74) is 1.05. The second kappa shape index (κ2) is 17.5. The van der Waals surface area contributed by atoms with E-state index in [-0.39, 0.29) is 60.6 Å². The van der Waals surface area contributed by atoms with Crippen molar-refractivity contribution in [2.24, 2.45) is 11.8 Å². The molecule has 0 radical (unpaired) electrons. The standard InChI is InChI=1S/C42H52ClF3N3O8P/c1-27(26-55-36-14-19-47-35-11-6-8-28(2)37(35)36)22-30-23-29-12-13-33(57-58(52,53)56-21-20-48(3)4)25-34(29)40(30)15-17-41(18-16-40,39(51)54-5)49(38(50)42(44,45)46)32-10-7-9-31(43)24-32/h7,9-10,12-14,19,24-25,27-28,30H,6,8,11,15-18,20-23,26H2,1-5H3,(H,52,53)/t27-,28-,30+,40-,41-/m1/s1. The van der Waals surface area contributed by atoms with Gasteiger partial charge in [0, 0.05) is 34.7 Å². The molecule has 2 aromatic carbocycles. The summed E-state index contributed by atoms with van der Waals surface area (Å²) in [5, 5.41) is 0.0897. The number of likely N-dealkylation sites (N-methyl/N-ethyl adjacent to an activating group) is 1. The minimum Gasteiger partial charge on any atom is -0.493 e. The molecule has 1 aromatic heterocycles. The number of hydrogen-bond acceptors (Lipinski definition) is 9. The molecule has 1 saturated carbocycles. The summed E-state index contributed by atoms with van der Waals surface area (Å²) >= 11 is 6.23. The Kier molecular flexibility index (Phi) is 13.2. The first-order chi connectivity index (χ1) is 27.4. The number of carbonyl (C=O) groups excluding carboxylic acids is 2. The lowest BCUT2D eigenvalue weighted by molar-refractivity contribution is -0.174. The number of anilines is 1. The molecule has 58 heavy (non-hydrogen) atoms. The monoisotopic (exact) mass is 849 g/mol. The fourth-order valence-corrected chi connectivity index (χ4v) is 10.3. The number of benzene rings is 2. The van der Waals surface area contributed by atoms with Crippen LogP contribution in [0.1, 0.15) is 87.1 Å². The number of pyridine rings is 1. The molecule has 0 saturated heterocycles. The van der Waals surface area contributed by atoms with E-state index in [9.17, 15) is 32.2 Å². The van der Waals surface area contributed by atoms with Gasteiger partial charge in [-0.1, -0.05) is 37.6 Å². The zero-order chi connectivity index (χ0) is 42.0. The third-order valence-electron chi connectivity index (χ3n) is 12.1. The molecule has 4 atom stereocenters. The first-order valence-electron chi connectivity index (χ1n) is 19.7. The zero-order valence-corrected chi connectivity index (χ0v) is 35.2. The third-order valence-corrected chi connectivity index (χ3v) is 13.3. The maximum atomic E-state index is 14.4. The number of carbonyl (C=O) groups is 2. The van der Waals surface area contributed by atoms with Crippen molar-refractivity contribution < 1.29 is 50.7 Å². The number of rotatable bonds is 14. The van der Waals surface area contributed by atoms with Gasteiger partial charge in [-0.2, -0.15) is 13.2 Å². The summed E-state index contributed by atoms with van der Waals surface area (Å²) in [5.74, 6) is -1.98. The van der Waals surface area contributed by atoms with Crippen molar-refractivity contribution in [2.45, 2.75) is 94.7 Å². The molecule has 3 aliphatic rings. The van der Waals surface area contributed by atoms with Crippen LogP contribution in [-0.4, -0.2) is 79.3 Å². The van der Waals surface area contributed by atoms with Gasteiger partial charge in [0.2, 0.25) is 0 Å². The second-order valence-electron chi connectivity index (χ2n) is 16.3. The average Bonchev–Trinajstić information content (AvgIpc) is 3.44. The summed E-state index contributed by atoms with van der Waals surface area (Å²) < 4.78 is 78.7. The Labute approximate surface area is 342 Å². The minimum atomic E-state index is -5.32. The van der Waals surface area contributed by atoms with Gasteiger partial charge in [-0.05, 0) is 143 Å². The van der Waals surface area contributed by atoms with Crippen molar-refractivity contribution in [1.82, 2.24) is 9.88 Å². The van der Waals surface area contributed by atoms with E-state index in [0.717, 1.165) is 54.5 Å². The lowest BCUT2D eigenvalue weighted by atomic mass is 9.59. The molecule has 1 fully saturated rings. The first kappa shape index (κ1) is 43.9. The molecule has 0 bridgehead atoms. The number of alkyl halides is 3. The molecule has 316 valence electrons. The molecule has 1 amide bonds. The van der Waals surface area contributed by atoms with Gasteiger partial charge in [0.15, 0.2) is 0 Å². The van der Waals surface area contributed by atoms with Gasteiger partial charge < -0.3 is 18.9 Å². The van der Waals surface area contributed by atoms with Crippen LogP contribution in [-0.2, 0) is 41.7 Å². The van der Waals surface area contributed by atoms with Crippen LogP contribution in [0.25, 0.3) is 0 Å². The molecule has 1 N–H and O–H groups in total. The summed E-state index contributed by atoms with van der Waals surface area (Å²) in [4.78, 5) is 44.7. The summed E-state index contributed by atoms with van der Waals surface area (Å²) in [6.07, 6.45) is 0.789. The van der Waals surface area contributed by atoms with Crippen molar-refractivity contribution in [2.75, 3.05) is 45.9 Å². The van der Waals surface area contributed by atoms with E-state index in [1.165, 1.54) is 24.3 Å². The van der Waals surface area contributed by atoms with E-state index in [1.807, 2.05) is 12.1 Å². The fourth-order valence-electron chi connectivity index (χ4n) is 9.39. The molecular formula is C42H52ClF3N3O8P. The number of aromatic nitrogens is 1. The molecule has 1 unspecified atom stereocenters. The predicted molar refractivity (Wildman–Crippen MR) is 213 cm³/mol.